The Kier molecular flexibility index (Phi) is 8.10. The smallest absolute Gasteiger partial charge is 0.410 e. The van der Waals surface area contributed by atoms with E-state index in [1.807, 2.05) is 51.1 Å². The van der Waals surface area contributed by atoms with Crippen LogP contribution in [0.5, 0.6) is 0 Å². The average molecular weight is 688 g/mol. The summed E-state index contributed by atoms with van der Waals surface area (Å²) >= 11 is 6.81. The van der Waals surface area contributed by atoms with Crippen LogP contribution in [-0.2, 0) is 18.8 Å². The summed E-state index contributed by atoms with van der Waals surface area (Å²) in [5.74, 6) is 1.97. The zero-order valence-electron chi connectivity index (χ0n) is 23.6. The van der Waals surface area contributed by atoms with Crippen LogP contribution >= 0.6 is 31.9 Å². The highest BCUT2D eigenvalue weighted by molar-refractivity contribution is 9.10. The summed E-state index contributed by atoms with van der Waals surface area (Å²) in [4.78, 5) is 47.6. The van der Waals surface area contributed by atoms with Crippen LogP contribution in [0.1, 0.15) is 44.3 Å². The number of fused-ring (bicyclic) bond motifs is 2. The van der Waals surface area contributed by atoms with E-state index in [1.165, 1.54) is 0 Å². The van der Waals surface area contributed by atoms with Gasteiger partial charge in [-0.1, -0.05) is 31.9 Å². The molecular formula is C29H32Br2N6O4. The van der Waals surface area contributed by atoms with Crippen molar-refractivity contribution in [3.8, 4) is 0 Å². The number of benzene rings is 2. The number of hydrogen-bond donors (Lipinski definition) is 1. The highest BCUT2D eigenvalue weighted by atomic mass is 79.9. The fourth-order valence-electron chi connectivity index (χ4n) is 4.84. The Hall–Kier alpha value is -3.09. The van der Waals surface area contributed by atoms with Gasteiger partial charge in [0.1, 0.15) is 17.2 Å². The number of nitrogens with zero attached hydrogens (tertiary/aromatic N) is 5. The van der Waals surface area contributed by atoms with Crippen LogP contribution in [0.2, 0.25) is 0 Å². The number of hydrogen-bond acceptors (Lipinski definition) is 7. The van der Waals surface area contributed by atoms with E-state index >= 15 is 0 Å². The molecule has 2 aliphatic rings. The van der Waals surface area contributed by atoms with Gasteiger partial charge < -0.3 is 15.0 Å². The Morgan fingerprint density at radius 3 is 1.73 bits per heavy atom. The van der Waals surface area contributed by atoms with Gasteiger partial charge in [-0.05, 0) is 57.2 Å². The van der Waals surface area contributed by atoms with Gasteiger partial charge in [0.15, 0.2) is 0 Å². The lowest BCUT2D eigenvalue weighted by atomic mass is 9.99. The first-order valence-corrected chi connectivity index (χ1v) is 14.9. The first-order valence-electron chi connectivity index (χ1n) is 13.3. The quantitative estimate of drug-likeness (QED) is 0.332. The van der Waals surface area contributed by atoms with Crippen LogP contribution in [0, 0.1) is 0 Å². The molecule has 0 atom stereocenters. The van der Waals surface area contributed by atoms with Crippen molar-refractivity contribution in [3.63, 3.8) is 0 Å². The molecule has 0 bridgehead atoms. The predicted molar refractivity (Wildman–Crippen MR) is 166 cm³/mol. The average Bonchev–Trinajstić information content (AvgIpc) is 2.82. The minimum Gasteiger partial charge on any atom is -0.444 e. The van der Waals surface area contributed by atoms with E-state index in [-0.39, 0.29) is 23.1 Å². The van der Waals surface area contributed by atoms with Gasteiger partial charge in [0.2, 0.25) is 0 Å². The lowest BCUT2D eigenvalue weighted by molar-refractivity contribution is 0.00722. The van der Waals surface area contributed by atoms with Crippen molar-refractivity contribution < 1.29 is 9.53 Å². The van der Waals surface area contributed by atoms with Crippen molar-refractivity contribution in [3.05, 3.63) is 77.7 Å². The lowest BCUT2D eigenvalue weighted by Gasteiger charge is -2.39. The number of amides is 1. The van der Waals surface area contributed by atoms with Crippen LogP contribution in [0.15, 0.2) is 54.9 Å². The number of likely N-dealkylation sites (tertiary alicyclic amines) is 1. The molecule has 1 N–H and O–H groups in total. The van der Waals surface area contributed by atoms with Gasteiger partial charge in [-0.25, -0.2) is 14.8 Å². The molecule has 4 heterocycles. The molecule has 12 heteroatoms. The third-order valence-electron chi connectivity index (χ3n) is 7.19. The lowest BCUT2D eigenvalue weighted by Crippen LogP contribution is -2.51. The number of aromatic nitrogens is 4. The maximum absolute atomic E-state index is 12.5. The molecule has 2 saturated heterocycles. The van der Waals surface area contributed by atoms with Gasteiger partial charge in [0, 0.05) is 55.1 Å². The number of halogens is 2. The van der Waals surface area contributed by atoms with Crippen molar-refractivity contribution in [2.45, 2.75) is 38.2 Å². The molecule has 2 aromatic heterocycles. The predicted octanol–water partition coefficient (Wildman–Crippen LogP) is 4.41. The van der Waals surface area contributed by atoms with E-state index in [0.29, 0.717) is 41.1 Å². The summed E-state index contributed by atoms with van der Waals surface area (Å²) in [7, 11) is 3.52. The molecule has 0 radical (unpaired) electrons. The Balaban J connectivity index is 0.000000174. The molecule has 2 fully saturated rings. The number of carbonyl (C=O) groups is 1. The van der Waals surface area contributed by atoms with Crippen LogP contribution < -0.4 is 16.4 Å². The normalized spacial score (nSPS) is 15.7. The Morgan fingerprint density at radius 2 is 1.32 bits per heavy atom. The van der Waals surface area contributed by atoms with Gasteiger partial charge in [-0.3, -0.25) is 18.7 Å². The molecule has 0 unspecified atom stereocenters. The summed E-state index contributed by atoms with van der Waals surface area (Å²) < 4.78 is 10.4. The van der Waals surface area contributed by atoms with Crippen LogP contribution in [0.3, 0.4) is 0 Å². The van der Waals surface area contributed by atoms with Crippen molar-refractivity contribution in [2.24, 2.45) is 14.1 Å². The minimum atomic E-state index is -0.511. The second kappa shape index (κ2) is 11.3. The van der Waals surface area contributed by atoms with E-state index in [1.54, 1.807) is 34.2 Å². The van der Waals surface area contributed by atoms with Gasteiger partial charge in [-0.15, -0.1) is 0 Å². The molecule has 0 aliphatic carbocycles. The monoisotopic (exact) mass is 686 g/mol. The summed E-state index contributed by atoms with van der Waals surface area (Å²) in [5, 5.41) is 4.46. The SMILES string of the molecule is Cn1c(C2CN(C(=O)OC(C)(C)C)C2)nc2cc(Br)ccc2c1=O.Cn1c(C2CNC2)nc2cc(Br)ccc2c1=O. The maximum Gasteiger partial charge on any atom is 0.410 e. The highest BCUT2D eigenvalue weighted by Crippen LogP contribution is 2.28. The molecule has 2 aromatic carbocycles. The van der Waals surface area contributed by atoms with E-state index in [2.05, 4.69) is 47.1 Å². The van der Waals surface area contributed by atoms with E-state index < -0.39 is 5.60 Å². The van der Waals surface area contributed by atoms with Gasteiger partial charge in [0.05, 0.1) is 27.7 Å². The summed E-state index contributed by atoms with van der Waals surface area (Å²) in [6.07, 6.45) is -0.327. The molecule has 2 aliphatic heterocycles. The van der Waals surface area contributed by atoms with Crippen molar-refractivity contribution >= 4 is 59.8 Å². The Morgan fingerprint density at radius 1 is 0.854 bits per heavy atom. The molecule has 10 nitrogen and oxygen atoms in total. The highest BCUT2D eigenvalue weighted by Gasteiger charge is 2.37. The van der Waals surface area contributed by atoms with Crippen molar-refractivity contribution in [1.29, 1.82) is 0 Å². The summed E-state index contributed by atoms with van der Waals surface area (Å²) in [6, 6.07) is 11.0. The van der Waals surface area contributed by atoms with Crippen molar-refractivity contribution in [1.82, 2.24) is 29.3 Å². The van der Waals surface area contributed by atoms with Crippen LogP contribution in [-0.4, -0.2) is 61.9 Å². The Labute approximate surface area is 254 Å². The topological polar surface area (TPSA) is 111 Å². The molecule has 216 valence electrons. The third-order valence-corrected chi connectivity index (χ3v) is 8.18. The van der Waals surface area contributed by atoms with Gasteiger partial charge in [0.25, 0.3) is 11.1 Å². The fourth-order valence-corrected chi connectivity index (χ4v) is 5.54. The first kappa shape index (κ1) is 29.4. The molecular weight excluding hydrogens is 656 g/mol. The molecule has 0 saturated carbocycles. The number of rotatable bonds is 2. The molecule has 0 spiro atoms. The molecule has 41 heavy (non-hydrogen) atoms. The summed E-state index contributed by atoms with van der Waals surface area (Å²) in [5.41, 5.74) is 0.882. The van der Waals surface area contributed by atoms with Crippen LogP contribution in [0.25, 0.3) is 21.8 Å². The maximum atomic E-state index is 12.5. The largest absolute Gasteiger partial charge is 0.444 e. The van der Waals surface area contributed by atoms with E-state index in [4.69, 9.17) is 4.74 Å². The zero-order chi connectivity index (χ0) is 29.6. The van der Waals surface area contributed by atoms with Gasteiger partial charge in [-0.2, -0.15) is 0 Å². The zero-order valence-corrected chi connectivity index (χ0v) is 26.7. The molecule has 4 aromatic rings. The van der Waals surface area contributed by atoms with Gasteiger partial charge >= 0.3 is 6.09 Å². The van der Waals surface area contributed by atoms with E-state index in [9.17, 15) is 14.4 Å². The molecule has 6 rings (SSSR count). The minimum absolute atomic E-state index is 0.0319. The fraction of sp³-hybridized carbons (Fsp3) is 0.414. The van der Waals surface area contributed by atoms with Crippen molar-refractivity contribution in [2.75, 3.05) is 26.2 Å². The number of carbonyl (C=O) groups excluding carboxylic acids is 1. The third kappa shape index (κ3) is 6.09. The number of nitrogens with one attached hydrogen (secondary N) is 1. The number of ether oxygens (including phenoxy) is 1. The van der Waals surface area contributed by atoms with Crippen LogP contribution in [0.4, 0.5) is 4.79 Å². The first-order chi connectivity index (χ1) is 19.3. The second-order valence-corrected chi connectivity index (χ2v) is 13.3. The standard InChI is InChI=1S/C17H20BrN3O3.C12H12BrN3O/c1-17(2,3)24-16(23)21-8-10(9-21)14-19-13-7-11(18)5-6-12(13)15(22)20(14)4;1-16-11(7-5-14-6-7)15-10-4-8(13)2-3-9(10)12(16)17/h5-7,10H,8-9H2,1-4H3;2-4,7,14H,5-6H2,1H3. The Bertz CT molecular complexity index is 1770. The van der Waals surface area contributed by atoms with E-state index in [0.717, 1.165) is 33.4 Å². The summed E-state index contributed by atoms with van der Waals surface area (Å²) in [6.45, 7) is 8.35. The molecule has 1 amide bonds. The second-order valence-electron chi connectivity index (χ2n) is 11.4.